The van der Waals surface area contributed by atoms with E-state index in [2.05, 4.69) is 42.3 Å². The summed E-state index contributed by atoms with van der Waals surface area (Å²) in [5.41, 5.74) is 7.36. The van der Waals surface area contributed by atoms with Crippen LogP contribution >= 0.6 is 0 Å². The molecule has 0 saturated carbocycles. The molecule has 0 aliphatic heterocycles. The van der Waals surface area contributed by atoms with Crippen molar-refractivity contribution < 1.29 is 0 Å². The smallest absolute Gasteiger partial charge is 0.0949 e. The third kappa shape index (κ3) is 4.48. The summed E-state index contributed by atoms with van der Waals surface area (Å²) in [4.78, 5) is 6.51. The minimum Gasteiger partial charge on any atom is -0.332 e. The predicted molar refractivity (Wildman–Crippen MR) is 71.8 cm³/mol. The first-order chi connectivity index (χ1) is 8.04. The molecule has 1 heterocycles. The fourth-order valence-corrected chi connectivity index (χ4v) is 1.89. The monoisotopic (exact) mass is 238 g/mol. The van der Waals surface area contributed by atoms with Crippen LogP contribution in [0.1, 0.15) is 38.9 Å². The molecule has 4 heteroatoms. The molecule has 0 radical (unpaired) electrons. The third-order valence-corrected chi connectivity index (χ3v) is 3.11. The first-order valence-electron chi connectivity index (χ1n) is 6.48. The van der Waals surface area contributed by atoms with E-state index in [4.69, 9.17) is 5.73 Å². The second kappa shape index (κ2) is 6.77. The maximum Gasteiger partial charge on any atom is 0.0949 e. The first-order valence-corrected chi connectivity index (χ1v) is 6.48. The Morgan fingerprint density at radius 3 is 2.76 bits per heavy atom. The van der Waals surface area contributed by atoms with E-state index < -0.39 is 0 Å². The van der Waals surface area contributed by atoms with Crippen LogP contribution in [0.5, 0.6) is 0 Å². The number of rotatable bonds is 7. The van der Waals surface area contributed by atoms with Crippen molar-refractivity contribution >= 4 is 0 Å². The molecule has 98 valence electrons. The molecule has 0 fully saturated rings. The van der Waals surface area contributed by atoms with Gasteiger partial charge >= 0.3 is 0 Å². The minimum atomic E-state index is 0.101. The van der Waals surface area contributed by atoms with Crippen LogP contribution in [0.15, 0.2) is 12.5 Å². The summed E-state index contributed by atoms with van der Waals surface area (Å²) in [5.74, 6) is 0.617. The molecule has 2 N–H and O–H groups in total. The van der Waals surface area contributed by atoms with E-state index in [0.29, 0.717) is 5.92 Å². The van der Waals surface area contributed by atoms with Gasteiger partial charge in [0.15, 0.2) is 0 Å². The zero-order valence-corrected chi connectivity index (χ0v) is 11.6. The summed E-state index contributed by atoms with van der Waals surface area (Å²) < 4.78 is 2.18. The standard InChI is InChI=1S/C13H26N4/c1-5-16(4)6-7-17-10-15-9-13(17)12(14)8-11(2)3/h9-12H,5-8,14H2,1-4H3. The zero-order valence-electron chi connectivity index (χ0n) is 11.6. The molecule has 4 nitrogen and oxygen atoms in total. The molecule has 0 saturated heterocycles. The van der Waals surface area contributed by atoms with Crippen LogP contribution in [0.25, 0.3) is 0 Å². The molecule has 1 aromatic rings. The van der Waals surface area contributed by atoms with Gasteiger partial charge in [-0.25, -0.2) is 4.98 Å². The number of hydrogen-bond acceptors (Lipinski definition) is 3. The largest absolute Gasteiger partial charge is 0.332 e. The van der Waals surface area contributed by atoms with E-state index in [1.165, 1.54) is 0 Å². The van der Waals surface area contributed by atoms with Gasteiger partial charge in [-0.05, 0) is 25.9 Å². The van der Waals surface area contributed by atoms with E-state index in [-0.39, 0.29) is 6.04 Å². The Morgan fingerprint density at radius 1 is 1.47 bits per heavy atom. The van der Waals surface area contributed by atoms with Gasteiger partial charge in [0.25, 0.3) is 0 Å². The maximum atomic E-state index is 6.21. The molecule has 1 rings (SSSR count). The number of hydrogen-bond donors (Lipinski definition) is 1. The van der Waals surface area contributed by atoms with E-state index in [9.17, 15) is 0 Å². The van der Waals surface area contributed by atoms with Gasteiger partial charge in [0.1, 0.15) is 0 Å². The van der Waals surface area contributed by atoms with Gasteiger partial charge in [-0.3, -0.25) is 0 Å². The fraction of sp³-hybridized carbons (Fsp3) is 0.769. The number of nitrogens with two attached hydrogens (primary N) is 1. The Morgan fingerprint density at radius 2 is 2.18 bits per heavy atom. The summed E-state index contributed by atoms with van der Waals surface area (Å²) in [6, 6.07) is 0.101. The van der Waals surface area contributed by atoms with Crippen LogP contribution in [0.3, 0.4) is 0 Å². The van der Waals surface area contributed by atoms with Crippen molar-refractivity contribution in [1.82, 2.24) is 14.5 Å². The highest BCUT2D eigenvalue weighted by atomic mass is 15.1. The molecule has 0 aliphatic rings. The SMILES string of the molecule is CCN(C)CCn1cncc1C(N)CC(C)C. The van der Waals surface area contributed by atoms with Gasteiger partial charge in [0.2, 0.25) is 0 Å². The molecule has 1 aromatic heterocycles. The van der Waals surface area contributed by atoms with Crippen molar-refractivity contribution in [3.63, 3.8) is 0 Å². The van der Waals surface area contributed by atoms with E-state index in [1.807, 2.05) is 12.5 Å². The lowest BCUT2D eigenvalue weighted by Crippen LogP contribution is -2.25. The predicted octanol–water partition coefficient (Wildman–Crippen LogP) is 1.88. The van der Waals surface area contributed by atoms with Gasteiger partial charge in [-0.1, -0.05) is 20.8 Å². The number of likely N-dealkylation sites (N-methyl/N-ethyl adjacent to an activating group) is 1. The highest BCUT2D eigenvalue weighted by Crippen LogP contribution is 2.18. The Hall–Kier alpha value is -0.870. The zero-order chi connectivity index (χ0) is 12.8. The van der Waals surface area contributed by atoms with Gasteiger partial charge in [-0.15, -0.1) is 0 Å². The normalized spacial score (nSPS) is 13.6. The molecule has 1 atom stereocenters. The molecule has 0 amide bonds. The molecule has 0 bridgehead atoms. The van der Waals surface area contributed by atoms with Gasteiger partial charge in [0.05, 0.1) is 12.0 Å². The number of nitrogens with zero attached hydrogens (tertiary/aromatic N) is 3. The number of imidazole rings is 1. The summed E-state index contributed by atoms with van der Waals surface area (Å²) in [6.07, 6.45) is 4.80. The van der Waals surface area contributed by atoms with Gasteiger partial charge < -0.3 is 15.2 Å². The number of aromatic nitrogens is 2. The highest BCUT2D eigenvalue weighted by Gasteiger charge is 2.13. The summed E-state index contributed by atoms with van der Waals surface area (Å²) >= 11 is 0. The van der Waals surface area contributed by atoms with Crippen LogP contribution in [-0.4, -0.2) is 34.6 Å². The topological polar surface area (TPSA) is 47.1 Å². The Balaban J connectivity index is 2.59. The van der Waals surface area contributed by atoms with Crippen molar-refractivity contribution in [1.29, 1.82) is 0 Å². The van der Waals surface area contributed by atoms with Gasteiger partial charge in [-0.2, -0.15) is 0 Å². The van der Waals surface area contributed by atoms with Crippen molar-refractivity contribution in [3.05, 3.63) is 18.2 Å². The highest BCUT2D eigenvalue weighted by molar-refractivity contribution is 5.04. The Kier molecular flexibility index (Phi) is 5.65. The Labute approximate surface area is 105 Å². The third-order valence-electron chi connectivity index (χ3n) is 3.11. The quantitative estimate of drug-likeness (QED) is 0.789. The Bertz CT molecular complexity index is 319. The molecular formula is C13H26N4. The first kappa shape index (κ1) is 14.2. The average Bonchev–Trinajstić information content (AvgIpc) is 2.73. The van der Waals surface area contributed by atoms with Gasteiger partial charge in [0, 0.05) is 25.3 Å². The summed E-state index contributed by atoms with van der Waals surface area (Å²) in [5, 5.41) is 0. The summed E-state index contributed by atoms with van der Waals surface area (Å²) in [6.45, 7) is 9.64. The van der Waals surface area contributed by atoms with Crippen LogP contribution < -0.4 is 5.73 Å². The molecule has 0 aliphatic carbocycles. The van der Waals surface area contributed by atoms with Crippen molar-refractivity contribution in [2.75, 3.05) is 20.1 Å². The maximum absolute atomic E-state index is 6.21. The lowest BCUT2D eigenvalue weighted by molar-refractivity contribution is 0.331. The van der Waals surface area contributed by atoms with Crippen molar-refractivity contribution in [2.24, 2.45) is 11.7 Å². The molecule has 1 unspecified atom stereocenters. The lowest BCUT2D eigenvalue weighted by atomic mass is 10.0. The van der Waals surface area contributed by atoms with E-state index in [1.54, 1.807) is 0 Å². The van der Waals surface area contributed by atoms with Crippen molar-refractivity contribution in [3.8, 4) is 0 Å². The van der Waals surface area contributed by atoms with Crippen LogP contribution in [0.2, 0.25) is 0 Å². The van der Waals surface area contributed by atoms with Crippen LogP contribution in [0.4, 0.5) is 0 Å². The average molecular weight is 238 g/mol. The molecular weight excluding hydrogens is 212 g/mol. The fourth-order valence-electron chi connectivity index (χ4n) is 1.89. The molecule has 17 heavy (non-hydrogen) atoms. The lowest BCUT2D eigenvalue weighted by Gasteiger charge is -2.19. The van der Waals surface area contributed by atoms with E-state index in [0.717, 1.165) is 31.7 Å². The second-order valence-electron chi connectivity index (χ2n) is 5.14. The minimum absolute atomic E-state index is 0.101. The molecule has 0 spiro atoms. The van der Waals surface area contributed by atoms with E-state index >= 15 is 0 Å². The second-order valence-corrected chi connectivity index (χ2v) is 5.14. The molecule has 0 aromatic carbocycles. The van der Waals surface area contributed by atoms with Crippen LogP contribution in [0, 0.1) is 5.92 Å². The van der Waals surface area contributed by atoms with Crippen LogP contribution in [-0.2, 0) is 6.54 Å². The summed E-state index contributed by atoms with van der Waals surface area (Å²) in [7, 11) is 2.13. The van der Waals surface area contributed by atoms with Crippen molar-refractivity contribution in [2.45, 2.75) is 39.8 Å².